The van der Waals surface area contributed by atoms with Crippen molar-refractivity contribution < 1.29 is 14.3 Å². The Bertz CT molecular complexity index is 1210. The summed E-state index contributed by atoms with van der Waals surface area (Å²) in [6.07, 6.45) is 18.2. The lowest BCUT2D eigenvalue weighted by molar-refractivity contribution is 0.0693. The zero-order chi connectivity index (χ0) is 21.5. The zero-order valence-corrected chi connectivity index (χ0v) is 18.0. The Labute approximate surface area is 182 Å². The van der Waals surface area contributed by atoms with E-state index in [1.807, 2.05) is 0 Å². The summed E-state index contributed by atoms with van der Waals surface area (Å²) in [6.45, 7) is 4.69. The van der Waals surface area contributed by atoms with Gasteiger partial charge in [0.15, 0.2) is 0 Å². The van der Waals surface area contributed by atoms with Gasteiger partial charge in [0.05, 0.1) is 11.1 Å². The van der Waals surface area contributed by atoms with Crippen molar-refractivity contribution >= 4 is 11.8 Å². The molecule has 2 amide bonds. The minimum Gasteiger partial charge on any atom is -0.461 e. The van der Waals surface area contributed by atoms with E-state index in [1.165, 1.54) is 18.2 Å². The summed E-state index contributed by atoms with van der Waals surface area (Å²) >= 11 is 0. The third kappa shape index (κ3) is 2.54. The standard InChI is InChI=1S/C27H25NO3/c1-26-8-4-5-9-27(2,15-26)22-13-17-10-16(11-21(22)26)12-23(17)31-18-6-7-19-20(14-18)25(30)28(3)24(19)29/h4-9,11-14,16-17H,10,15H2,1-3H3. The van der Waals surface area contributed by atoms with Gasteiger partial charge in [-0.15, -0.1) is 0 Å². The number of carbonyl (C=O) groups is 2. The summed E-state index contributed by atoms with van der Waals surface area (Å²) in [6, 6.07) is 5.19. The predicted octanol–water partition coefficient (Wildman–Crippen LogP) is 5.22. The molecular formula is C27H25NO3. The van der Waals surface area contributed by atoms with E-state index in [0.29, 0.717) is 22.8 Å². The lowest BCUT2D eigenvalue weighted by atomic mass is 9.81. The highest BCUT2D eigenvalue weighted by Crippen LogP contribution is 2.61. The fraction of sp³-hybridized carbons (Fsp3) is 0.333. The van der Waals surface area contributed by atoms with Crippen molar-refractivity contribution in [1.29, 1.82) is 0 Å². The van der Waals surface area contributed by atoms with Crippen LogP contribution in [0.3, 0.4) is 0 Å². The number of allylic oxidation sites excluding steroid dienone is 9. The molecule has 4 bridgehead atoms. The Kier molecular flexibility index (Phi) is 3.58. The molecule has 1 fully saturated rings. The molecule has 1 saturated carbocycles. The van der Waals surface area contributed by atoms with Gasteiger partial charge >= 0.3 is 0 Å². The minimum absolute atomic E-state index is 0.0323. The first-order chi connectivity index (χ1) is 14.8. The van der Waals surface area contributed by atoms with E-state index < -0.39 is 0 Å². The SMILES string of the molecule is CN1C(=O)c2ccc(OC3=CC4C=C5C(=CC3C4)C3(C)C=CC=CC5(C)C3)cc2C1=O. The Hall–Kier alpha value is -3.14. The molecule has 1 aromatic carbocycles. The molecule has 4 nitrogen and oxygen atoms in total. The summed E-state index contributed by atoms with van der Waals surface area (Å²) in [7, 11) is 1.51. The van der Waals surface area contributed by atoms with Crippen molar-refractivity contribution in [2.75, 3.05) is 7.05 Å². The van der Waals surface area contributed by atoms with E-state index in [2.05, 4.69) is 56.4 Å². The summed E-state index contributed by atoms with van der Waals surface area (Å²) in [5.41, 5.74) is 3.85. The van der Waals surface area contributed by atoms with Gasteiger partial charge in [0.2, 0.25) is 0 Å². The average Bonchev–Trinajstić information content (AvgIpc) is 3.11. The highest BCUT2D eigenvalue weighted by molar-refractivity contribution is 6.21. The molecule has 1 heterocycles. The highest BCUT2D eigenvalue weighted by atomic mass is 16.5. The summed E-state index contributed by atoms with van der Waals surface area (Å²) in [5.74, 6) is 1.56. The lowest BCUT2D eigenvalue weighted by Crippen LogP contribution is -2.24. The van der Waals surface area contributed by atoms with Crippen LogP contribution in [-0.2, 0) is 0 Å². The number of nitrogens with zero attached hydrogens (tertiary/aromatic N) is 1. The topological polar surface area (TPSA) is 46.6 Å². The maximum absolute atomic E-state index is 12.4. The number of fused-ring (bicyclic) bond motifs is 8. The van der Waals surface area contributed by atoms with Gasteiger partial charge in [0, 0.05) is 23.8 Å². The molecule has 4 aliphatic carbocycles. The number of imide groups is 1. The number of hydrogen-bond acceptors (Lipinski definition) is 3. The molecule has 1 aromatic rings. The number of benzene rings is 1. The predicted molar refractivity (Wildman–Crippen MR) is 118 cm³/mol. The van der Waals surface area contributed by atoms with Crippen LogP contribution in [0.1, 0.15) is 47.4 Å². The fourth-order valence-corrected chi connectivity index (χ4v) is 6.11. The van der Waals surface area contributed by atoms with E-state index in [9.17, 15) is 9.59 Å². The van der Waals surface area contributed by atoms with E-state index in [4.69, 9.17) is 4.74 Å². The largest absolute Gasteiger partial charge is 0.461 e. The van der Waals surface area contributed by atoms with Crippen LogP contribution in [0.2, 0.25) is 0 Å². The highest BCUT2D eigenvalue weighted by Gasteiger charge is 2.50. The molecule has 156 valence electrons. The normalized spacial score (nSPS) is 34.7. The second kappa shape index (κ2) is 5.97. The van der Waals surface area contributed by atoms with E-state index in [-0.39, 0.29) is 28.6 Å². The third-order valence-electron chi connectivity index (χ3n) is 7.61. The maximum atomic E-state index is 12.4. The van der Waals surface area contributed by atoms with Crippen molar-refractivity contribution in [1.82, 2.24) is 4.90 Å². The van der Waals surface area contributed by atoms with E-state index in [0.717, 1.165) is 23.5 Å². The molecule has 31 heavy (non-hydrogen) atoms. The van der Waals surface area contributed by atoms with Crippen molar-refractivity contribution in [2.45, 2.75) is 26.7 Å². The first-order valence-corrected chi connectivity index (χ1v) is 11.0. The monoisotopic (exact) mass is 411 g/mol. The van der Waals surface area contributed by atoms with Crippen molar-refractivity contribution in [3.8, 4) is 5.75 Å². The molecule has 0 spiro atoms. The molecular weight excluding hydrogens is 386 g/mol. The minimum atomic E-state index is -0.272. The number of ether oxygens (including phenoxy) is 1. The van der Waals surface area contributed by atoms with Crippen LogP contribution in [0.5, 0.6) is 5.75 Å². The first-order valence-electron chi connectivity index (χ1n) is 11.0. The number of hydrogen-bond donors (Lipinski definition) is 0. The van der Waals surface area contributed by atoms with Crippen molar-refractivity contribution in [3.05, 3.63) is 88.8 Å². The Morgan fingerprint density at radius 2 is 1.61 bits per heavy atom. The molecule has 0 aromatic heterocycles. The lowest BCUT2D eigenvalue weighted by Gasteiger charge is -2.23. The van der Waals surface area contributed by atoms with Gasteiger partial charge in [0.25, 0.3) is 11.8 Å². The van der Waals surface area contributed by atoms with Crippen LogP contribution in [0.15, 0.2) is 77.6 Å². The van der Waals surface area contributed by atoms with Gasteiger partial charge in [-0.25, -0.2) is 0 Å². The zero-order valence-electron chi connectivity index (χ0n) is 18.0. The van der Waals surface area contributed by atoms with Crippen molar-refractivity contribution in [3.63, 3.8) is 0 Å². The molecule has 0 radical (unpaired) electrons. The molecule has 4 unspecified atom stereocenters. The van der Waals surface area contributed by atoms with Crippen LogP contribution in [0, 0.1) is 22.7 Å². The van der Waals surface area contributed by atoms with E-state index >= 15 is 0 Å². The summed E-state index contributed by atoms with van der Waals surface area (Å²) in [5, 5.41) is 0. The molecule has 5 aliphatic rings. The Morgan fingerprint density at radius 1 is 0.935 bits per heavy atom. The Morgan fingerprint density at radius 3 is 2.35 bits per heavy atom. The van der Waals surface area contributed by atoms with Gasteiger partial charge in [-0.2, -0.15) is 0 Å². The fourth-order valence-electron chi connectivity index (χ4n) is 6.11. The molecule has 0 N–H and O–H groups in total. The number of carbonyl (C=O) groups excluding carboxylic acids is 2. The molecule has 0 saturated heterocycles. The second-order valence-electron chi connectivity index (χ2n) is 9.94. The molecule has 4 atom stereocenters. The maximum Gasteiger partial charge on any atom is 0.261 e. The van der Waals surface area contributed by atoms with Gasteiger partial charge in [-0.1, -0.05) is 50.3 Å². The average molecular weight is 412 g/mol. The Balaban J connectivity index is 1.35. The van der Waals surface area contributed by atoms with Crippen LogP contribution >= 0.6 is 0 Å². The molecule has 4 heteroatoms. The summed E-state index contributed by atoms with van der Waals surface area (Å²) < 4.78 is 6.30. The first kappa shape index (κ1) is 18.6. The van der Waals surface area contributed by atoms with Crippen LogP contribution in [0.25, 0.3) is 0 Å². The smallest absolute Gasteiger partial charge is 0.261 e. The van der Waals surface area contributed by atoms with Gasteiger partial charge < -0.3 is 4.74 Å². The van der Waals surface area contributed by atoms with E-state index in [1.54, 1.807) is 18.2 Å². The van der Waals surface area contributed by atoms with Gasteiger partial charge in [-0.05, 0) is 54.2 Å². The molecule has 1 aliphatic heterocycles. The van der Waals surface area contributed by atoms with Gasteiger partial charge in [0.1, 0.15) is 11.5 Å². The number of rotatable bonds is 2. The third-order valence-corrected chi connectivity index (χ3v) is 7.61. The molecule has 6 rings (SSSR count). The van der Waals surface area contributed by atoms with Crippen molar-refractivity contribution in [2.24, 2.45) is 22.7 Å². The van der Waals surface area contributed by atoms with Crippen LogP contribution in [-0.4, -0.2) is 23.8 Å². The van der Waals surface area contributed by atoms with Crippen LogP contribution in [0.4, 0.5) is 0 Å². The second-order valence-corrected chi connectivity index (χ2v) is 9.94. The number of amides is 2. The van der Waals surface area contributed by atoms with Gasteiger partial charge in [-0.3, -0.25) is 14.5 Å². The quantitative estimate of drug-likeness (QED) is 0.627. The van der Waals surface area contributed by atoms with Crippen LogP contribution < -0.4 is 4.74 Å². The summed E-state index contributed by atoms with van der Waals surface area (Å²) in [4.78, 5) is 25.7.